The van der Waals surface area contributed by atoms with Crippen molar-refractivity contribution in [2.75, 3.05) is 7.11 Å². The molecule has 0 saturated heterocycles. The Kier molecular flexibility index (Phi) is 6.28. The topological polar surface area (TPSA) is 97.4 Å². The van der Waals surface area contributed by atoms with Gasteiger partial charge in [-0.25, -0.2) is 4.73 Å². The minimum atomic E-state index is -0.551. The Hall–Kier alpha value is -3.91. The largest absolute Gasteiger partial charge is 0.711 e. The molecule has 0 saturated carbocycles. The smallest absolute Gasteiger partial charge is 0.339 e. The van der Waals surface area contributed by atoms with Crippen LogP contribution in [0.15, 0.2) is 60.9 Å². The van der Waals surface area contributed by atoms with Gasteiger partial charge < -0.3 is 14.7 Å². The first-order valence-electron chi connectivity index (χ1n) is 10.1. The van der Waals surface area contributed by atoms with Gasteiger partial charge in [-0.15, -0.1) is 0 Å². The quantitative estimate of drug-likeness (QED) is 0.245. The van der Waals surface area contributed by atoms with Crippen LogP contribution < -0.4 is 9.47 Å². The summed E-state index contributed by atoms with van der Waals surface area (Å²) in [5.74, 6) is -0.136. The molecule has 0 aliphatic carbocycles. The number of aromatic nitrogens is 3. The van der Waals surface area contributed by atoms with Gasteiger partial charge in [-0.1, -0.05) is 11.6 Å². The number of halogens is 1. The average Bonchev–Trinajstić information content (AvgIpc) is 3.09. The molecule has 2 aromatic heterocycles. The van der Waals surface area contributed by atoms with Gasteiger partial charge in [-0.3, -0.25) is 14.2 Å². The number of hydrogen-bond acceptors (Lipinski definition) is 6. The molecule has 0 spiro atoms. The van der Waals surface area contributed by atoms with Crippen molar-refractivity contribution in [1.29, 1.82) is 0 Å². The predicted octanol–water partition coefficient (Wildman–Crippen LogP) is 3.61. The molecule has 0 atom stereocenters. The van der Waals surface area contributed by atoms with Crippen molar-refractivity contribution in [3.05, 3.63) is 93.8 Å². The van der Waals surface area contributed by atoms with Crippen LogP contribution in [-0.2, 0) is 22.6 Å². The molecule has 0 fully saturated rings. The number of methoxy groups -OCH3 is 1. The van der Waals surface area contributed by atoms with Crippen LogP contribution >= 0.6 is 11.6 Å². The molecule has 9 heteroatoms. The van der Waals surface area contributed by atoms with Gasteiger partial charge in [0.15, 0.2) is 6.61 Å². The zero-order valence-electron chi connectivity index (χ0n) is 17.9. The van der Waals surface area contributed by atoms with Crippen molar-refractivity contribution in [2.45, 2.75) is 20.0 Å². The van der Waals surface area contributed by atoms with Crippen LogP contribution in [0.4, 0.5) is 0 Å². The number of carbonyl (C=O) groups is 2. The summed E-state index contributed by atoms with van der Waals surface area (Å²) in [6.07, 6.45) is 2.63. The summed E-state index contributed by atoms with van der Waals surface area (Å²) in [5, 5.41) is 12.9. The summed E-state index contributed by atoms with van der Waals surface area (Å²) in [6, 6.07) is 13.4. The fourth-order valence-electron chi connectivity index (χ4n) is 3.63. The van der Waals surface area contributed by atoms with Gasteiger partial charge >= 0.3 is 11.8 Å². The lowest BCUT2D eigenvalue weighted by molar-refractivity contribution is -0.620. The lowest BCUT2D eigenvalue weighted by Gasteiger charge is -2.08. The maximum Gasteiger partial charge on any atom is 0.339 e. The van der Waals surface area contributed by atoms with E-state index in [1.807, 2.05) is 0 Å². The Balaban J connectivity index is 1.69. The number of nitrogens with zero attached hydrogens (tertiary/aromatic N) is 3. The highest BCUT2D eigenvalue weighted by Crippen LogP contribution is 2.31. The monoisotopic (exact) mass is 465 g/mol. The summed E-state index contributed by atoms with van der Waals surface area (Å²) >= 11 is 5.96. The van der Waals surface area contributed by atoms with E-state index < -0.39 is 5.97 Å². The summed E-state index contributed by atoms with van der Waals surface area (Å²) < 4.78 is 12.7. The van der Waals surface area contributed by atoms with Gasteiger partial charge in [0.2, 0.25) is 0 Å². The second-order valence-electron chi connectivity index (χ2n) is 7.29. The van der Waals surface area contributed by atoms with E-state index in [0.717, 1.165) is 0 Å². The molecule has 2 heterocycles. The summed E-state index contributed by atoms with van der Waals surface area (Å²) in [6.45, 7) is 1.52. The first-order valence-corrected chi connectivity index (χ1v) is 10.4. The molecule has 4 rings (SSSR count). The van der Waals surface area contributed by atoms with Crippen molar-refractivity contribution in [2.24, 2.45) is 0 Å². The first-order chi connectivity index (χ1) is 15.9. The third kappa shape index (κ3) is 4.51. The fraction of sp³-hybridized carbons (Fsp3) is 0.167. The SMILES string of the molecule is COc1ccc2c(c1)c(CC(=O)OCc1nccc[n+]1[O-])c(C)n2C(=O)c1ccc(Cl)cc1. The minimum Gasteiger partial charge on any atom is -0.711 e. The lowest BCUT2D eigenvalue weighted by atomic mass is 10.1. The predicted molar refractivity (Wildman–Crippen MR) is 121 cm³/mol. The first kappa shape index (κ1) is 22.3. The van der Waals surface area contributed by atoms with E-state index >= 15 is 0 Å². The van der Waals surface area contributed by atoms with Gasteiger partial charge in [0.25, 0.3) is 5.91 Å². The molecule has 0 N–H and O–H groups in total. The normalized spacial score (nSPS) is 10.9. The minimum absolute atomic E-state index is 0.0737. The van der Waals surface area contributed by atoms with E-state index in [0.29, 0.717) is 43.2 Å². The maximum absolute atomic E-state index is 13.3. The van der Waals surface area contributed by atoms with Crippen LogP contribution in [0.25, 0.3) is 10.9 Å². The van der Waals surface area contributed by atoms with E-state index in [2.05, 4.69) is 4.98 Å². The van der Waals surface area contributed by atoms with Crippen LogP contribution in [0.5, 0.6) is 5.75 Å². The number of ether oxygens (including phenoxy) is 2. The molecule has 2 aromatic carbocycles. The average molecular weight is 466 g/mol. The number of fused-ring (bicyclic) bond motifs is 1. The third-order valence-electron chi connectivity index (χ3n) is 5.31. The van der Waals surface area contributed by atoms with Crippen LogP contribution in [0.3, 0.4) is 0 Å². The second-order valence-corrected chi connectivity index (χ2v) is 7.73. The van der Waals surface area contributed by atoms with Crippen molar-refractivity contribution in [1.82, 2.24) is 9.55 Å². The van der Waals surface area contributed by atoms with Gasteiger partial charge in [0, 0.05) is 27.7 Å². The zero-order valence-corrected chi connectivity index (χ0v) is 18.7. The van der Waals surface area contributed by atoms with E-state index in [-0.39, 0.29) is 24.8 Å². The Labute approximate surface area is 194 Å². The lowest BCUT2D eigenvalue weighted by Crippen LogP contribution is -2.33. The summed E-state index contributed by atoms with van der Waals surface area (Å²) in [7, 11) is 1.54. The van der Waals surface area contributed by atoms with Gasteiger partial charge in [-0.2, -0.15) is 0 Å². The highest BCUT2D eigenvalue weighted by molar-refractivity contribution is 6.30. The van der Waals surface area contributed by atoms with Crippen molar-refractivity contribution in [3.63, 3.8) is 0 Å². The standard InChI is InChI=1S/C24H20ClN3O5/c1-15-19(13-23(29)33-14-22-26-10-3-11-27(22)31)20-12-18(32-2)8-9-21(20)28(15)24(30)16-4-6-17(25)7-5-16/h3-12H,13-14H2,1-2H3. The van der Waals surface area contributed by atoms with Crippen molar-refractivity contribution >= 4 is 34.4 Å². The molecule has 0 amide bonds. The van der Waals surface area contributed by atoms with Gasteiger partial charge in [-0.05, 0) is 59.9 Å². The molecular formula is C24H20ClN3O5. The Morgan fingerprint density at radius 2 is 1.94 bits per heavy atom. The van der Waals surface area contributed by atoms with Crippen molar-refractivity contribution in [3.8, 4) is 5.75 Å². The molecule has 0 bridgehead atoms. The molecule has 33 heavy (non-hydrogen) atoms. The molecule has 0 aliphatic rings. The molecule has 0 aliphatic heterocycles. The Morgan fingerprint density at radius 3 is 2.64 bits per heavy atom. The maximum atomic E-state index is 13.3. The highest BCUT2D eigenvalue weighted by Gasteiger charge is 2.23. The molecule has 8 nitrogen and oxygen atoms in total. The van der Waals surface area contributed by atoms with E-state index in [9.17, 15) is 14.8 Å². The number of esters is 1. The van der Waals surface area contributed by atoms with Crippen LogP contribution in [-0.4, -0.2) is 28.5 Å². The summed E-state index contributed by atoms with van der Waals surface area (Å²) in [4.78, 5) is 29.9. The van der Waals surface area contributed by atoms with E-state index in [1.165, 1.54) is 18.5 Å². The molecule has 0 radical (unpaired) electrons. The fourth-order valence-corrected chi connectivity index (χ4v) is 3.75. The van der Waals surface area contributed by atoms with E-state index in [1.54, 1.807) is 61.1 Å². The highest BCUT2D eigenvalue weighted by atomic mass is 35.5. The number of carbonyl (C=O) groups excluding carboxylic acids is 2. The second kappa shape index (κ2) is 9.30. The van der Waals surface area contributed by atoms with Crippen LogP contribution in [0.1, 0.15) is 27.4 Å². The van der Waals surface area contributed by atoms with Gasteiger partial charge in [0.1, 0.15) is 11.9 Å². The molecular weight excluding hydrogens is 446 g/mol. The molecule has 0 unspecified atom stereocenters. The number of rotatable bonds is 6. The third-order valence-corrected chi connectivity index (χ3v) is 5.56. The number of hydrogen-bond donors (Lipinski definition) is 0. The Morgan fingerprint density at radius 1 is 1.18 bits per heavy atom. The summed E-state index contributed by atoms with van der Waals surface area (Å²) in [5.41, 5.74) is 2.33. The van der Waals surface area contributed by atoms with Crippen LogP contribution in [0.2, 0.25) is 5.02 Å². The zero-order chi connectivity index (χ0) is 23.5. The van der Waals surface area contributed by atoms with E-state index in [4.69, 9.17) is 21.1 Å². The molecule has 4 aromatic rings. The molecule has 168 valence electrons. The van der Waals surface area contributed by atoms with Crippen molar-refractivity contribution < 1.29 is 23.8 Å². The van der Waals surface area contributed by atoms with Crippen LogP contribution in [0, 0.1) is 12.1 Å². The number of benzene rings is 2. The Bertz CT molecular complexity index is 1350. The van der Waals surface area contributed by atoms with Gasteiger partial charge in [0.05, 0.1) is 25.2 Å².